The predicted octanol–water partition coefficient (Wildman–Crippen LogP) is 2.99. The summed E-state index contributed by atoms with van der Waals surface area (Å²) in [5.41, 5.74) is 2.34. The average molecular weight is 294 g/mol. The van der Waals surface area contributed by atoms with Crippen molar-refractivity contribution in [1.29, 1.82) is 0 Å². The van der Waals surface area contributed by atoms with E-state index >= 15 is 0 Å². The third-order valence-electron chi connectivity index (χ3n) is 2.40. The summed E-state index contributed by atoms with van der Waals surface area (Å²) < 4.78 is 10.9. The molecule has 0 aromatic carbocycles. The van der Waals surface area contributed by atoms with Crippen molar-refractivity contribution in [1.82, 2.24) is 15.0 Å². The molecular formula is C11H8BrN3O2. The van der Waals surface area contributed by atoms with Gasteiger partial charge in [-0.3, -0.25) is 0 Å². The highest BCUT2D eigenvalue weighted by molar-refractivity contribution is 9.10. The van der Waals surface area contributed by atoms with Crippen molar-refractivity contribution >= 4 is 27.1 Å². The Morgan fingerprint density at radius 1 is 1.29 bits per heavy atom. The molecule has 0 aliphatic heterocycles. The molecule has 0 amide bonds. The minimum atomic E-state index is 0.543. The lowest BCUT2D eigenvalue weighted by molar-refractivity contribution is 0.399. The van der Waals surface area contributed by atoms with E-state index in [1.54, 1.807) is 19.4 Å². The zero-order chi connectivity index (χ0) is 11.8. The van der Waals surface area contributed by atoms with E-state index < -0.39 is 0 Å². The van der Waals surface area contributed by atoms with E-state index in [1.165, 1.54) is 0 Å². The molecule has 0 saturated heterocycles. The second-order valence-electron chi connectivity index (χ2n) is 3.42. The molecule has 0 spiro atoms. The molecule has 3 rings (SSSR count). The summed E-state index contributed by atoms with van der Waals surface area (Å²) in [6.45, 7) is 0. The van der Waals surface area contributed by atoms with Crippen molar-refractivity contribution in [2.75, 3.05) is 7.11 Å². The summed E-state index contributed by atoms with van der Waals surface area (Å²) in [6, 6.07) is 5.50. The third-order valence-corrected chi connectivity index (χ3v) is 3.02. The van der Waals surface area contributed by atoms with E-state index in [2.05, 4.69) is 30.9 Å². The summed E-state index contributed by atoms with van der Waals surface area (Å²) in [4.78, 5) is 11.8. The molecule has 1 N–H and O–H groups in total. The van der Waals surface area contributed by atoms with Gasteiger partial charge < -0.3 is 14.1 Å². The first-order valence-electron chi connectivity index (χ1n) is 4.92. The van der Waals surface area contributed by atoms with Crippen LogP contribution >= 0.6 is 15.9 Å². The number of nitrogens with zero attached hydrogens (tertiary/aromatic N) is 2. The normalized spacial score (nSPS) is 10.9. The van der Waals surface area contributed by atoms with Crippen LogP contribution in [0.15, 0.2) is 33.5 Å². The fourth-order valence-corrected chi connectivity index (χ4v) is 2.01. The number of pyridine rings is 1. The van der Waals surface area contributed by atoms with Crippen LogP contribution in [0.5, 0.6) is 5.88 Å². The summed E-state index contributed by atoms with van der Waals surface area (Å²) >= 11 is 3.32. The molecule has 86 valence electrons. The van der Waals surface area contributed by atoms with Crippen LogP contribution in [0.1, 0.15) is 0 Å². The zero-order valence-electron chi connectivity index (χ0n) is 8.90. The van der Waals surface area contributed by atoms with Gasteiger partial charge in [-0.1, -0.05) is 0 Å². The SMILES string of the molecule is COc1ccc2[nH]c(-c3ccoc3Br)nc2n1. The van der Waals surface area contributed by atoms with Crippen molar-refractivity contribution in [2.24, 2.45) is 0 Å². The van der Waals surface area contributed by atoms with E-state index in [1.807, 2.05) is 12.1 Å². The topological polar surface area (TPSA) is 63.9 Å². The Kier molecular flexibility index (Phi) is 2.36. The van der Waals surface area contributed by atoms with Crippen LogP contribution < -0.4 is 4.74 Å². The molecular weight excluding hydrogens is 286 g/mol. The number of furan rings is 1. The van der Waals surface area contributed by atoms with Gasteiger partial charge in [0, 0.05) is 6.07 Å². The van der Waals surface area contributed by atoms with E-state index in [4.69, 9.17) is 9.15 Å². The Morgan fingerprint density at radius 2 is 2.18 bits per heavy atom. The van der Waals surface area contributed by atoms with Gasteiger partial charge in [-0.15, -0.1) is 0 Å². The number of rotatable bonds is 2. The number of methoxy groups -OCH3 is 1. The number of H-pyrrole nitrogens is 1. The molecule has 0 unspecified atom stereocenters. The minimum Gasteiger partial charge on any atom is -0.481 e. The van der Waals surface area contributed by atoms with Gasteiger partial charge in [0.2, 0.25) is 5.88 Å². The zero-order valence-corrected chi connectivity index (χ0v) is 10.5. The van der Waals surface area contributed by atoms with E-state index in [0.29, 0.717) is 22.0 Å². The number of hydrogen-bond donors (Lipinski definition) is 1. The van der Waals surface area contributed by atoms with Gasteiger partial charge in [-0.2, -0.15) is 4.98 Å². The fourth-order valence-electron chi connectivity index (χ4n) is 1.58. The van der Waals surface area contributed by atoms with Gasteiger partial charge in [0.15, 0.2) is 10.3 Å². The van der Waals surface area contributed by atoms with Crippen molar-refractivity contribution < 1.29 is 9.15 Å². The fraction of sp³-hybridized carbons (Fsp3) is 0.0909. The Morgan fingerprint density at radius 3 is 2.88 bits per heavy atom. The first-order valence-corrected chi connectivity index (χ1v) is 5.71. The van der Waals surface area contributed by atoms with E-state index in [9.17, 15) is 0 Å². The molecule has 0 saturated carbocycles. The van der Waals surface area contributed by atoms with Crippen molar-refractivity contribution in [2.45, 2.75) is 0 Å². The van der Waals surface area contributed by atoms with Gasteiger partial charge in [0.05, 0.1) is 24.5 Å². The van der Waals surface area contributed by atoms with Gasteiger partial charge in [0.1, 0.15) is 5.82 Å². The Hall–Kier alpha value is -1.82. The number of aromatic nitrogens is 3. The molecule has 0 aliphatic carbocycles. The summed E-state index contributed by atoms with van der Waals surface area (Å²) in [6.07, 6.45) is 1.60. The smallest absolute Gasteiger partial charge is 0.215 e. The van der Waals surface area contributed by atoms with Crippen molar-refractivity contribution in [3.05, 3.63) is 29.1 Å². The highest BCUT2D eigenvalue weighted by atomic mass is 79.9. The molecule has 3 heterocycles. The second-order valence-corrected chi connectivity index (χ2v) is 4.14. The molecule has 5 nitrogen and oxygen atoms in total. The lowest BCUT2D eigenvalue weighted by atomic mass is 10.3. The Balaban J connectivity index is 2.17. The number of aromatic amines is 1. The maximum Gasteiger partial charge on any atom is 0.215 e. The van der Waals surface area contributed by atoms with Gasteiger partial charge in [-0.25, -0.2) is 4.98 Å². The maximum atomic E-state index is 5.17. The monoisotopic (exact) mass is 293 g/mol. The predicted molar refractivity (Wildman–Crippen MR) is 65.8 cm³/mol. The lowest BCUT2D eigenvalue weighted by Gasteiger charge is -1.95. The van der Waals surface area contributed by atoms with Crippen LogP contribution in [0, 0.1) is 0 Å². The van der Waals surface area contributed by atoms with Crippen LogP contribution in [-0.4, -0.2) is 22.1 Å². The molecule has 3 aromatic rings. The van der Waals surface area contributed by atoms with Crippen LogP contribution in [0.4, 0.5) is 0 Å². The number of ether oxygens (including phenoxy) is 1. The maximum absolute atomic E-state index is 5.17. The largest absolute Gasteiger partial charge is 0.481 e. The minimum absolute atomic E-state index is 0.543. The van der Waals surface area contributed by atoms with Crippen LogP contribution in [0.3, 0.4) is 0 Å². The van der Waals surface area contributed by atoms with Crippen molar-refractivity contribution in [3.63, 3.8) is 0 Å². The number of nitrogens with one attached hydrogen (secondary N) is 1. The molecule has 0 bridgehead atoms. The summed E-state index contributed by atoms with van der Waals surface area (Å²) in [5.74, 6) is 1.25. The van der Waals surface area contributed by atoms with E-state index in [-0.39, 0.29) is 0 Å². The van der Waals surface area contributed by atoms with E-state index in [0.717, 1.165) is 11.1 Å². The van der Waals surface area contributed by atoms with Crippen molar-refractivity contribution in [3.8, 4) is 17.3 Å². The third kappa shape index (κ3) is 1.70. The number of hydrogen-bond acceptors (Lipinski definition) is 4. The number of halogens is 1. The molecule has 17 heavy (non-hydrogen) atoms. The first-order chi connectivity index (χ1) is 8.28. The highest BCUT2D eigenvalue weighted by Crippen LogP contribution is 2.28. The first kappa shape index (κ1) is 10.3. The standard InChI is InChI=1S/C11H8BrN3O2/c1-16-8-3-2-7-11(14-8)15-10(13-7)6-4-5-17-9(6)12/h2-5H,1H3,(H,13,14,15). The molecule has 3 aromatic heterocycles. The Labute approximate surface area is 105 Å². The highest BCUT2D eigenvalue weighted by Gasteiger charge is 2.11. The van der Waals surface area contributed by atoms with Gasteiger partial charge in [0.25, 0.3) is 0 Å². The number of imidazole rings is 1. The van der Waals surface area contributed by atoms with Gasteiger partial charge >= 0.3 is 0 Å². The summed E-state index contributed by atoms with van der Waals surface area (Å²) in [5, 5.41) is 0. The van der Waals surface area contributed by atoms with Crippen LogP contribution in [0.2, 0.25) is 0 Å². The second kappa shape index (κ2) is 3.89. The van der Waals surface area contributed by atoms with Crippen LogP contribution in [0.25, 0.3) is 22.6 Å². The number of fused-ring (bicyclic) bond motifs is 1. The molecule has 0 radical (unpaired) electrons. The Bertz CT molecular complexity index is 674. The average Bonchev–Trinajstić information content (AvgIpc) is 2.93. The summed E-state index contributed by atoms with van der Waals surface area (Å²) in [7, 11) is 1.58. The molecule has 6 heteroatoms. The molecule has 0 aliphatic rings. The molecule has 0 atom stereocenters. The lowest BCUT2D eigenvalue weighted by Crippen LogP contribution is -1.86. The molecule has 0 fully saturated rings. The van der Waals surface area contributed by atoms with Crippen LogP contribution in [-0.2, 0) is 0 Å². The quantitative estimate of drug-likeness (QED) is 0.789. The van der Waals surface area contributed by atoms with Gasteiger partial charge in [-0.05, 0) is 28.1 Å².